The molecule has 0 fully saturated rings. The Balaban J connectivity index is 2.48. The van der Waals surface area contributed by atoms with Gasteiger partial charge < -0.3 is 10.2 Å². The molecule has 1 aromatic carbocycles. The van der Waals surface area contributed by atoms with E-state index in [-0.39, 0.29) is 12.2 Å². The number of benzene rings is 1. The van der Waals surface area contributed by atoms with Crippen LogP contribution in [0.2, 0.25) is 0 Å². The monoisotopic (exact) mass is 218 g/mol. The summed E-state index contributed by atoms with van der Waals surface area (Å²) in [6.45, 7) is 0.269. The minimum absolute atomic E-state index is 0.0571. The third-order valence-corrected chi connectivity index (χ3v) is 2.30. The van der Waals surface area contributed by atoms with E-state index in [0.29, 0.717) is 5.76 Å². The van der Waals surface area contributed by atoms with Crippen molar-refractivity contribution in [1.29, 1.82) is 0 Å². The van der Waals surface area contributed by atoms with Gasteiger partial charge in [0.05, 0.1) is 17.7 Å². The van der Waals surface area contributed by atoms with Crippen molar-refractivity contribution < 1.29 is 9.34 Å². The van der Waals surface area contributed by atoms with Crippen LogP contribution in [0.15, 0.2) is 41.0 Å². The second kappa shape index (κ2) is 4.16. The Bertz CT molecular complexity index is 519. The number of nitro benzene ring substituents is 1. The van der Waals surface area contributed by atoms with Crippen molar-refractivity contribution in [3.05, 3.63) is 52.5 Å². The average Bonchev–Trinajstić information content (AvgIpc) is 2.77. The fraction of sp³-hybridized carbons (Fsp3) is 0.0909. The second-order valence-corrected chi connectivity index (χ2v) is 3.27. The molecule has 0 amide bonds. The van der Waals surface area contributed by atoms with E-state index in [1.54, 1.807) is 18.2 Å². The molecule has 16 heavy (non-hydrogen) atoms. The summed E-state index contributed by atoms with van der Waals surface area (Å²) in [7, 11) is 0. The first-order chi connectivity index (χ1) is 7.72. The first-order valence-corrected chi connectivity index (χ1v) is 4.73. The van der Waals surface area contributed by atoms with Crippen LogP contribution in [0, 0.1) is 10.1 Å². The summed E-state index contributed by atoms with van der Waals surface area (Å²) in [5, 5.41) is 10.6. The van der Waals surface area contributed by atoms with Gasteiger partial charge in [0.25, 0.3) is 5.69 Å². The zero-order valence-corrected chi connectivity index (χ0v) is 8.42. The molecule has 2 rings (SSSR count). The van der Waals surface area contributed by atoms with Gasteiger partial charge in [-0.15, -0.1) is 0 Å². The summed E-state index contributed by atoms with van der Waals surface area (Å²) in [6.07, 6.45) is 1.52. The predicted octanol–water partition coefficient (Wildman–Crippen LogP) is 2.31. The van der Waals surface area contributed by atoms with Crippen LogP contribution in [-0.4, -0.2) is 4.92 Å². The van der Waals surface area contributed by atoms with Crippen LogP contribution in [0.25, 0.3) is 11.1 Å². The van der Waals surface area contributed by atoms with Crippen molar-refractivity contribution in [3.8, 4) is 11.1 Å². The number of nitrogens with zero attached hydrogens (tertiary/aromatic N) is 1. The Kier molecular flexibility index (Phi) is 2.70. The third-order valence-electron chi connectivity index (χ3n) is 2.30. The lowest BCUT2D eigenvalue weighted by atomic mass is 10.1. The predicted molar refractivity (Wildman–Crippen MR) is 58.7 cm³/mol. The molecular formula is C11H10N2O3. The molecule has 1 aromatic heterocycles. The van der Waals surface area contributed by atoms with Crippen LogP contribution in [0.5, 0.6) is 0 Å². The van der Waals surface area contributed by atoms with Gasteiger partial charge in [-0.05, 0) is 11.6 Å². The number of hydrogen-bond acceptors (Lipinski definition) is 4. The fourth-order valence-corrected chi connectivity index (χ4v) is 1.54. The third kappa shape index (κ3) is 1.80. The topological polar surface area (TPSA) is 82.3 Å². The van der Waals surface area contributed by atoms with Crippen molar-refractivity contribution in [2.45, 2.75) is 6.54 Å². The van der Waals surface area contributed by atoms with Gasteiger partial charge >= 0.3 is 0 Å². The second-order valence-electron chi connectivity index (χ2n) is 3.27. The summed E-state index contributed by atoms with van der Waals surface area (Å²) in [6, 6.07) is 8.13. The van der Waals surface area contributed by atoms with E-state index in [0.717, 1.165) is 11.1 Å². The number of non-ortho nitro benzene ring substituents is 1. The molecule has 5 nitrogen and oxygen atoms in total. The van der Waals surface area contributed by atoms with Crippen LogP contribution in [0.1, 0.15) is 5.76 Å². The summed E-state index contributed by atoms with van der Waals surface area (Å²) in [5.74, 6) is 0.625. The molecule has 0 saturated heterocycles. The number of rotatable bonds is 3. The van der Waals surface area contributed by atoms with Crippen LogP contribution in [-0.2, 0) is 6.54 Å². The Morgan fingerprint density at radius 1 is 1.38 bits per heavy atom. The molecule has 2 aromatic rings. The first-order valence-electron chi connectivity index (χ1n) is 4.73. The van der Waals surface area contributed by atoms with Crippen LogP contribution >= 0.6 is 0 Å². The van der Waals surface area contributed by atoms with E-state index in [2.05, 4.69) is 0 Å². The van der Waals surface area contributed by atoms with E-state index < -0.39 is 4.92 Å². The zero-order valence-electron chi connectivity index (χ0n) is 8.42. The minimum Gasteiger partial charge on any atom is -0.467 e. The van der Waals surface area contributed by atoms with Crippen molar-refractivity contribution in [1.82, 2.24) is 0 Å². The summed E-state index contributed by atoms with van der Waals surface area (Å²) in [4.78, 5) is 10.2. The van der Waals surface area contributed by atoms with Gasteiger partial charge in [0.1, 0.15) is 5.76 Å². The molecule has 0 aliphatic rings. The maximum absolute atomic E-state index is 10.6. The fourth-order valence-electron chi connectivity index (χ4n) is 1.54. The van der Waals surface area contributed by atoms with Gasteiger partial charge in [-0.1, -0.05) is 12.1 Å². The smallest absolute Gasteiger partial charge is 0.270 e. The molecule has 0 unspecified atom stereocenters. The first kappa shape index (κ1) is 10.4. The van der Waals surface area contributed by atoms with E-state index >= 15 is 0 Å². The average molecular weight is 218 g/mol. The highest BCUT2D eigenvalue weighted by molar-refractivity contribution is 5.67. The van der Waals surface area contributed by atoms with Crippen molar-refractivity contribution >= 4 is 5.69 Å². The summed E-state index contributed by atoms with van der Waals surface area (Å²) < 4.78 is 5.17. The zero-order chi connectivity index (χ0) is 11.5. The maximum atomic E-state index is 10.6. The van der Waals surface area contributed by atoms with Crippen molar-refractivity contribution in [2.24, 2.45) is 5.73 Å². The van der Waals surface area contributed by atoms with E-state index in [1.165, 1.54) is 18.4 Å². The molecule has 0 atom stereocenters. The van der Waals surface area contributed by atoms with E-state index in [4.69, 9.17) is 10.2 Å². The minimum atomic E-state index is -0.425. The lowest BCUT2D eigenvalue weighted by Crippen LogP contribution is -1.96. The van der Waals surface area contributed by atoms with Crippen molar-refractivity contribution in [3.63, 3.8) is 0 Å². The van der Waals surface area contributed by atoms with Crippen LogP contribution in [0.4, 0.5) is 5.69 Å². The normalized spacial score (nSPS) is 10.3. The van der Waals surface area contributed by atoms with E-state index in [1.807, 2.05) is 0 Å². The molecule has 82 valence electrons. The van der Waals surface area contributed by atoms with Crippen LogP contribution in [0.3, 0.4) is 0 Å². The van der Waals surface area contributed by atoms with Crippen LogP contribution < -0.4 is 5.73 Å². The number of hydrogen-bond donors (Lipinski definition) is 1. The Morgan fingerprint density at radius 2 is 2.19 bits per heavy atom. The van der Waals surface area contributed by atoms with E-state index in [9.17, 15) is 10.1 Å². The standard InChI is InChI=1S/C11H10N2O3/c12-7-11-10(4-5-16-11)8-2-1-3-9(6-8)13(14)15/h1-6H,7,12H2. The van der Waals surface area contributed by atoms with Gasteiger partial charge in [-0.3, -0.25) is 10.1 Å². The largest absolute Gasteiger partial charge is 0.467 e. The number of nitrogens with two attached hydrogens (primary N) is 1. The molecule has 0 aliphatic heterocycles. The molecule has 2 N–H and O–H groups in total. The highest BCUT2D eigenvalue weighted by Crippen LogP contribution is 2.27. The summed E-state index contributed by atoms with van der Waals surface area (Å²) in [5.41, 5.74) is 7.10. The van der Waals surface area contributed by atoms with Gasteiger partial charge in [0.2, 0.25) is 0 Å². The molecule has 0 radical (unpaired) electrons. The SMILES string of the molecule is NCc1occc1-c1cccc([N+](=O)[O-])c1. The Labute approximate surface area is 91.6 Å². The number of nitro groups is 1. The highest BCUT2D eigenvalue weighted by Gasteiger charge is 2.11. The molecular weight excluding hydrogens is 208 g/mol. The lowest BCUT2D eigenvalue weighted by Gasteiger charge is -2.00. The molecule has 5 heteroatoms. The van der Waals surface area contributed by atoms with Crippen molar-refractivity contribution in [2.75, 3.05) is 0 Å². The lowest BCUT2D eigenvalue weighted by molar-refractivity contribution is -0.384. The van der Waals surface area contributed by atoms with Gasteiger partial charge in [-0.2, -0.15) is 0 Å². The maximum Gasteiger partial charge on any atom is 0.270 e. The Hall–Kier alpha value is -2.14. The summed E-state index contributed by atoms with van der Waals surface area (Å²) >= 11 is 0. The quantitative estimate of drug-likeness (QED) is 0.633. The molecule has 0 saturated carbocycles. The molecule has 0 aliphatic carbocycles. The molecule has 0 bridgehead atoms. The van der Waals surface area contributed by atoms with Gasteiger partial charge in [0.15, 0.2) is 0 Å². The number of furan rings is 1. The molecule has 0 spiro atoms. The Morgan fingerprint density at radius 3 is 2.88 bits per heavy atom. The highest BCUT2D eigenvalue weighted by atomic mass is 16.6. The van der Waals surface area contributed by atoms with Gasteiger partial charge in [-0.25, -0.2) is 0 Å². The molecule has 1 heterocycles. The van der Waals surface area contributed by atoms with Gasteiger partial charge in [0, 0.05) is 17.7 Å².